The number of rotatable bonds is 5. The fourth-order valence-electron chi connectivity index (χ4n) is 3.39. The molecule has 1 aromatic heterocycles. The van der Waals surface area contributed by atoms with E-state index < -0.39 is 0 Å². The first kappa shape index (κ1) is 17.7. The zero-order valence-electron chi connectivity index (χ0n) is 15.6. The Labute approximate surface area is 150 Å². The smallest absolute Gasteiger partial charge is 0.276 e. The molecule has 0 aliphatic carbocycles. The van der Waals surface area contributed by atoms with Crippen LogP contribution in [0.5, 0.6) is 0 Å². The summed E-state index contributed by atoms with van der Waals surface area (Å²) >= 11 is 0. The van der Waals surface area contributed by atoms with Crippen LogP contribution in [-0.2, 0) is 13.5 Å². The first-order valence-corrected chi connectivity index (χ1v) is 9.05. The fourth-order valence-corrected chi connectivity index (χ4v) is 3.39. The van der Waals surface area contributed by atoms with Crippen LogP contribution >= 0.6 is 0 Å². The number of carbonyl (C=O) groups is 1. The van der Waals surface area contributed by atoms with Crippen molar-refractivity contribution in [1.82, 2.24) is 14.7 Å². The van der Waals surface area contributed by atoms with Gasteiger partial charge in [0.05, 0.1) is 0 Å². The van der Waals surface area contributed by atoms with Gasteiger partial charge < -0.3 is 10.2 Å². The van der Waals surface area contributed by atoms with E-state index in [9.17, 15) is 4.79 Å². The van der Waals surface area contributed by atoms with Gasteiger partial charge in [0.1, 0.15) is 0 Å². The number of aryl methyl sites for hydroxylation is 2. The average molecular weight is 340 g/mol. The molecule has 1 aliphatic heterocycles. The van der Waals surface area contributed by atoms with Crippen molar-refractivity contribution in [2.45, 2.75) is 27.2 Å². The molecule has 2 atom stereocenters. The highest BCUT2D eigenvalue weighted by Gasteiger charge is 2.25. The molecule has 0 saturated carbocycles. The second-order valence-corrected chi connectivity index (χ2v) is 7.41. The second-order valence-electron chi connectivity index (χ2n) is 7.41. The zero-order chi connectivity index (χ0) is 18.0. The largest absolute Gasteiger partial charge is 0.321 e. The Morgan fingerprint density at radius 1 is 1.24 bits per heavy atom. The van der Waals surface area contributed by atoms with Crippen LogP contribution in [0.3, 0.4) is 0 Å². The van der Waals surface area contributed by atoms with Crippen LogP contribution in [0.25, 0.3) is 0 Å². The van der Waals surface area contributed by atoms with Crippen LogP contribution < -0.4 is 5.32 Å². The average Bonchev–Trinajstić information content (AvgIpc) is 3.08. The molecule has 3 rings (SSSR count). The van der Waals surface area contributed by atoms with Crippen LogP contribution in [0, 0.1) is 18.8 Å². The minimum Gasteiger partial charge on any atom is -0.321 e. The van der Waals surface area contributed by atoms with Gasteiger partial charge >= 0.3 is 0 Å². The van der Waals surface area contributed by atoms with Crippen LogP contribution in [0.4, 0.5) is 5.69 Å². The molecule has 1 aliphatic rings. The molecular weight excluding hydrogens is 312 g/mol. The molecule has 2 heterocycles. The van der Waals surface area contributed by atoms with Crippen LogP contribution in [-0.4, -0.2) is 40.2 Å². The number of aromatic nitrogens is 2. The maximum absolute atomic E-state index is 12.3. The molecule has 1 fully saturated rings. The molecule has 25 heavy (non-hydrogen) atoms. The topological polar surface area (TPSA) is 50.2 Å². The first-order chi connectivity index (χ1) is 11.9. The zero-order valence-corrected chi connectivity index (χ0v) is 15.6. The molecule has 1 aromatic carbocycles. The van der Waals surface area contributed by atoms with Crippen LogP contribution in [0.2, 0.25) is 0 Å². The minimum absolute atomic E-state index is 0.164. The Bertz CT molecular complexity index is 722. The van der Waals surface area contributed by atoms with Crippen molar-refractivity contribution in [2.75, 3.05) is 25.0 Å². The van der Waals surface area contributed by atoms with E-state index in [0.717, 1.165) is 36.2 Å². The lowest BCUT2D eigenvalue weighted by atomic mass is 10.0. The third-order valence-corrected chi connectivity index (χ3v) is 5.31. The van der Waals surface area contributed by atoms with E-state index in [-0.39, 0.29) is 5.91 Å². The fraction of sp³-hybridized carbons (Fsp3) is 0.500. The lowest BCUT2D eigenvalue weighted by molar-refractivity contribution is 0.102. The number of nitrogens with zero attached hydrogens (tertiary/aromatic N) is 3. The van der Waals surface area contributed by atoms with Crippen molar-refractivity contribution in [2.24, 2.45) is 18.9 Å². The summed E-state index contributed by atoms with van der Waals surface area (Å²) in [5.41, 5.74) is 3.49. The van der Waals surface area contributed by atoms with Crippen molar-refractivity contribution in [1.29, 1.82) is 0 Å². The predicted molar refractivity (Wildman–Crippen MR) is 101 cm³/mol. The lowest BCUT2D eigenvalue weighted by Crippen LogP contribution is -2.23. The summed E-state index contributed by atoms with van der Waals surface area (Å²) in [6.45, 7) is 10.1. The summed E-state index contributed by atoms with van der Waals surface area (Å²) in [6, 6.07) is 9.93. The number of hydrogen-bond acceptors (Lipinski definition) is 3. The van der Waals surface area contributed by atoms with E-state index in [1.807, 2.05) is 26.1 Å². The third-order valence-electron chi connectivity index (χ3n) is 5.31. The highest BCUT2D eigenvalue weighted by Crippen LogP contribution is 2.22. The standard InChI is InChI=1S/C20H28N4O/c1-14-12-24(13-15(14)2)9-8-17-6-5-7-18(11-17)21-20(25)19-10-16(3)23(4)22-19/h5-7,10-11,14-15H,8-9,12-13H2,1-4H3,(H,21,25). The number of amides is 1. The highest BCUT2D eigenvalue weighted by molar-refractivity contribution is 6.02. The van der Waals surface area contributed by atoms with Gasteiger partial charge in [0.25, 0.3) is 5.91 Å². The van der Waals surface area contributed by atoms with Crippen molar-refractivity contribution >= 4 is 11.6 Å². The van der Waals surface area contributed by atoms with Crippen molar-refractivity contribution in [3.63, 3.8) is 0 Å². The van der Waals surface area contributed by atoms with Crippen molar-refractivity contribution in [3.05, 3.63) is 47.3 Å². The summed E-state index contributed by atoms with van der Waals surface area (Å²) in [5.74, 6) is 1.41. The molecule has 2 aromatic rings. The number of benzene rings is 1. The second kappa shape index (κ2) is 7.40. The molecule has 134 valence electrons. The number of likely N-dealkylation sites (tertiary alicyclic amines) is 1. The SMILES string of the molecule is Cc1cc(C(=O)Nc2cccc(CCN3CC(C)C(C)C3)c2)nn1C. The van der Waals surface area contributed by atoms with Gasteiger partial charge in [-0.1, -0.05) is 26.0 Å². The number of nitrogens with one attached hydrogen (secondary N) is 1. The summed E-state index contributed by atoms with van der Waals surface area (Å²) in [6.07, 6.45) is 1.01. The summed E-state index contributed by atoms with van der Waals surface area (Å²) < 4.78 is 1.71. The molecule has 0 radical (unpaired) electrons. The molecule has 1 amide bonds. The summed E-state index contributed by atoms with van der Waals surface area (Å²) in [7, 11) is 1.84. The van der Waals surface area contributed by atoms with E-state index >= 15 is 0 Å². The van der Waals surface area contributed by atoms with Crippen molar-refractivity contribution in [3.8, 4) is 0 Å². The maximum Gasteiger partial charge on any atom is 0.276 e. The van der Waals surface area contributed by atoms with E-state index in [2.05, 4.69) is 41.3 Å². The monoisotopic (exact) mass is 340 g/mol. The van der Waals surface area contributed by atoms with Gasteiger partial charge in [-0.25, -0.2) is 0 Å². The molecule has 5 nitrogen and oxygen atoms in total. The van der Waals surface area contributed by atoms with Crippen molar-refractivity contribution < 1.29 is 4.79 Å². The maximum atomic E-state index is 12.3. The molecule has 1 saturated heterocycles. The quantitative estimate of drug-likeness (QED) is 0.910. The Morgan fingerprint density at radius 2 is 1.96 bits per heavy atom. The minimum atomic E-state index is -0.164. The summed E-state index contributed by atoms with van der Waals surface area (Å²) in [5, 5.41) is 7.18. The molecule has 2 unspecified atom stereocenters. The summed E-state index contributed by atoms with van der Waals surface area (Å²) in [4.78, 5) is 14.9. The normalized spacial score (nSPS) is 20.8. The van der Waals surface area contributed by atoms with Gasteiger partial charge in [0.2, 0.25) is 0 Å². The third kappa shape index (κ3) is 4.28. The van der Waals surface area contributed by atoms with Crippen LogP contribution in [0.15, 0.2) is 30.3 Å². The Balaban J connectivity index is 1.58. The highest BCUT2D eigenvalue weighted by atomic mass is 16.1. The molecule has 0 bridgehead atoms. The molecule has 5 heteroatoms. The van der Waals surface area contributed by atoms with E-state index in [1.54, 1.807) is 10.7 Å². The van der Waals surface area contributed by atoms with Gasteiger partial charge in [-0.3, -0.25) is 9.48 Å². The van der Waals surface area contributed by atoms with Gasteiger partial charge in [-0.15, -0.1) is 0 Å². The Kier molecular flexibility index (Phi) is 5.23. The number of anilines is 1. The molecule has 1 N–H and O–H groups in total. The number of carbonyl (C=O) groups excluding carboxylic acids is 1. The Morgan fingerprint density at radius 3 is 2.60 bits per heavy atom. The molecular formula is C20H28N4O. The van der Waals surface area contributed by atoms with Gasteiger partial charge in [-0.05, 0) is 48.9 Å². The first-order valence-electron chi connectivity index (χ1n) is 9.05. The molecule has 0 spiro atoms. The Hall–Kier alpha value is -2.14. The van der Waals surface area contributed by atoms with Crippen LogP contribution in [0.1, 0.15) is 35.6 Å². The van der Waals surface area contributed by atoms with Gasteiger partial charge in [-0.2, -0.15) is 5.10 Å². The van der Waals surface area contributed by atoms with Gasteiger partial charge in [0, 0.05) is 38.1 Å². The van der Waals surface area contributed by atoms with E-state index in [4.69, 9.17) is 0 Å². The van der Waals surface area contributed by atoms with Gasteiger partial charge in [0.15, 0.2) is 5.69 Å². The lowest BCUT2D eigenvalue weighted by Gasteiger charge is -2.15. The number of hydrogen-bond donors (Lipinski definition) is 1. The predicted octanol–water partition coefficient (Wildman–Crippen LogP) is 3.11. The van der Waals surface area contributed by atoms with E-state index in [0.29, 0.717) is 5.69 Å². The van der Waals surface area contributed by atoms with E-state index in [1.165, 1.54) is 18.7 Å².